The highest BCUT2D eigenvalue weighted by atomic mass is 16.6. The van der Waals surface area contributed by atoms with E-state index in [1.54, 1.807) is 0 Å². The predicted octanol–water partition coefficient (Wildman–Crippen LogP) is 3.24. The van der Waals surface area contributed by atoms with Crippen LogP contribution in [0.5, 0.6) is 0 Å². The Hall–Kier alpha value is -1.26. The predicted molar refractivity (Wildman–Crippen MR) is 93.2 cm³/mol. The van der Waals surface area contributed by atoms with E-state index >= 15 is 0 Å². The van der Waals surface area contributed by atoms with Crippen molar-refractivity contribution >= 4 is 11.9 Å². The van der Waals surface area contributed by atoms with Gasteiger partial charge in [0.1, 0.15) is 5.60 Å². The van der Waals surface area contributed by atoms with Crippen LogP contribution in [0.2, 0.25) is 0 Å². The lowest BCUT2D eigenvalue weighted by Gasteiger charge is -2.19. The number of ether oxygens (including phenoxy) is 1. The molecule has 130 valence electrons. The Kier molecular flexibility index (Phi) is 11.6. The second-order valence-corrected chi connectivity index (χ2v) is 6.44. The molecule has 0 saturated heterocycles. The first kappa shape index (κ1) is 20.7. The molecule has 0 amide bonds. The van der Waals surface area contributed by atoms with Crippen molar-refractivity contribution in [2.45, 2.75) is 78.7 Å². The van der Waals surface area contributed by atoms with Gasteiger partial charge in [0.2, 0.25) is 0 Å². The van der Waals surface area contributed by atoms with Gasteiger partial charge in [0.25, 0.3) is 0 Å². The minimum Gasteiger partial charge on any atom is -0.460 e. The molecule has 0 aliphatic rings. The van der Waals surface area contributed by atoms with Gasteiger partial charge in [-0.1, -0.05) is 19.8 Å². The second kappa shape index (κ2) is 12.3. The summed E-state index contributed by atoms with van der Waals surface area (Å²) in [7, 11) is 0. The average Bonchev–Trinajstić information content (AvgIpc) is 2.41. The van der Waals surface area contributed by atoms with Gasteiger partial charge in [-0.15, -0.1) is 0 Å². The first-order valence-electron chi connectivity index (χ1n) is 8.63. The summed E-state index contributed by atoms with van der Waals surface area (Å²) in [6, 6.07) is 0. The summed E-state index contributed by atoms with van der Waals surface area (Å²) < 4.78 is 5.29. The van der Waals surface area contributed by atoms with Gasteiger partial charge in [0.05, 0.1) is 0 Å². The molecule has 0 spiro atoms. The first-order valence-corrected chi connectivity index (χ1v) is 8.63. The SMILES string of the molecule is CCCN=C(NCC)NCCCCCCC(=O)OC(C)(C)C. The molecule has 0 aliphatic heterocycles. The maximum atomic E-state index is 11.6. The number of carbonyl (C=O) groups is 1. The van der Waals surface area contributed by atoms with Gasteiger partial charge < -0.3 is 15.4 Å². The Bertz CT molecular complexity index is 322. The summed E-state index contributed by atoms with van der Waals surface area (Å²) >= 11 is 0. The van der Waals surface area contributed by atoms with E-state index in [1.165, 1.54) is 0 Å². The maximum Gasteiger partial charge on any atom is 0.306 e. The molecule has 0 aromatic carbocycles. The van der Waals surface area contributed by atoms with Crippen LogP contribution in [0.4, 0.5) is 0 Å². The molecule has 0 rings (SSSR count). The van der Waals surface area contributed by atoms with Crippen LogP contribution in [-0.2, 0) is 9.53 Å². The van der Waals surface area contributed by atoms with Gasteiger partial charge in [0.15, 0.2) is 5.96 Å². The fraction of sp³-hybridized carbons (Fsp3) is 0.882. The third kappa shape index (κ3) is 13.7. The zero-order chi connectivity index (χ0) is 16.8. The van der Waals surface area contributed by atoms with E-state index in [0.717, 1.165) is 57.7 Å². The van der Waals surface area contributed by atoms with Crippen molar-refractivity contribution in [2.75, 3.05) is 19.6 Å². The average molecular weight is 313 g/mol. The molecule has 0 heterocycles. The molecule has 0 saturated carbocycles. The van der Waals surface area contributed by atoms with Crippen molar-refractivity contribution in [1.82, 2.24) is 10.6 Å². The summed E-state index contributed by atoms with van der Waals surface area (Å²) in [5.41, 5.74) is -0.374. The van der Waals surface area contributed by atoms with E-state index in [2.05, 4.69) is 29.5 Å². The summed E-state index contributed by atoms with van der Waals surface area (Å²) in [5.74, 6) is 0.810. The first-order chi connectivity index (χ1) is 10.4. The Balaban J connectivity index is 3.62. The number of guanidine groups is 1. The molecule has 0 bridgehead atoms. The van der Waals surface area contributed by atoms with Crippen LogP contribution >= 0.6 is 0 Å². The van der Waals surface area contributed by atoms with Gasteiger partial charge in [0, 0.05) is 26.1 Å². The maximum absolute atomic E-state index is 11.6. The van der Waals surface area contributed by atoms with E-state index < -0.39 is 0 Å². The van der Waals surface area contributed by atoms with Crippen molar-refractivity contribution in [3.8, 4) is 0 Å². The standard InChI is InChI=1S/C17H35N3O2/c1-6-13-19-16(18-7-2)20-14-11-9-8-10-12-15(21)22-17(3,4)5/h6-14H2,1-5H3,(H2,18,19,20). The zero-order valence-corrected chi connectivity index (χ0v) is 15.1. The van der Waals surface area contributed by atoms with Crippen LogP contribution in [0.25, 0.3) is 0 Å². The number of esters is 1. The number of hydrogen-bond donors (Lipinski definition) is 2. The van der Waals surface area contributed by atoms with Gasteiger partial charge in [-0.25, -0.2) is 0 Å². The molecular weight excluding hydrogens is 278 g/mol. The fourth-order valence-corrected chi connectivity index (χ4v) is 1.91. The Morgan fingerprint density at radius 1 is 1.05 bits per heavy atom. The molecule has 2 N–H and O–H groups in total. The molecule has 0 aliphatic carbocycles. The molecule has 0 radical (unpaired) electrons. The Morgan fingerprint density at radius 3 is 2.32 bits per heavy atom. The molecule has 0 fully saturated rings. The van der Waals surface area contributed by atoms with Crippen molar-refractivity contribution in [3.05, 3.63) is 0 Å². The monoisotopic (exact) mass is 313 g/mol. The van der Waals surface area contributed by atoms with E-state index in [0.29, 0.717) is 6.42 Å². The summed E-state index contributed by atoms with van der Waals surface area (Å²) in [6.07, 6.45) is 5.74. The minimum absolute atomic E-state index is 0.0910. The topological polar surface area (TPSA) is 62.7 Å². The Labute approximate surface area is 136 Å². The molecule has 0 atom stereocenters. The quantitative estimate of drug-likeness (QED) is 0.281. The highest BCUT2D eigenvalue weighted by Crippen LogP contribution is 2.10. The van der Waals surface area contributed by atoms with Crippen LogP contribution in [-0.4, -0.2) is 37.2 Å². The molecule has 0 aromatic rings. The molecule has 0 unspecified atom stereocenters. The lowest BCUT2D eigenvalue weighted by atomic mass is 10.1. The van der Waals surface area contributed by atoms with Crippen molar-refractivity contribution in [2.24, 2.45) is 4.99 Å². The number of hydrogen-bond acceptors (Lipinski definition) is 3. The molecular formula is C17H35N3O2. The third-order valence-corrected chi connectivity index (χ3v) is 2.86. The number of nitrogens with zero attached hydrogens (tertiary/aromatic N) is 1. The fourth-order valence-electron chi connectivity index (χ4n) is 1.91. The lowest BCUT2D eigenvalue weighted by Crippen LogP contribution is -2.37. The van der Waals surface area contributed by atoms with Crippen LogP contribution < -0.4 is 10.6 Å². The lowest BCUT2D eigenvalue weighted by molar-refractivity contribution is -0.154. The van der Waals surface area contributed by atoms with E-state index in [9.17, 15) is 4.79 Å². The van der Waals surface area contributed by atoms with Crippen LogP contribution in [0.15, 0.2) is 4.99 Å². The molecule has 5 nitrogen and oxygen atoms in total. The van der Waals surface area contributed by atoms with Crippen LogP contribution in [0.3, 0.4) is 0 Å². The third-order valence-electron chi connectivity index (χ3n) is 2.86. The highest BCUT2D eigenvalue weighted by Gasteiger charge is 2.15. The summed E-state index contributed by atoms with van der Waals surface area (Å²) in [6.45, 7) is 12.5. The van der Waals surface area contributed by atoms with Gasteiger partial charge in [-0.3, -0.25) is 9.79 Å². The van der Waals surface area contributed by atoms with E-state index in [4.69, 9.17) is 4.74 Å². The largest absolute Gasteiger partial charge is 0.460 e. The second-order valence-electron chi connectivity index (χ2n) is 6.44. The molecule has 0 aromatic heterocycles. The highest BCUT2D eigenvalue weighted by molar-refractivity contribution is 5.79. The number of aliphatic imine (C=N–C) groups is 1. The van der Waals surface area contributed by atoms with Gasteiger partial charge >= 0.3 is 5.97 Å². The number of rotatable bonds is 10. The zero-order valence-electron chi connectivity index (χ0n) is 15.1. The molecule has 5 heteroatoms. The normalized spacial score (nSPS) is 12.1. The van der Waals surface area contributed by atoms with E-state index in [-0.39, 0.29) is 11.6 Å². The van der Waals surface area contributed by atoms with Crippen molar-refractivity contribution in [3.63, 3.8) is 0 Å². The van der Waals surface area contributed by atoms with Crippen molar-refractivity contribution in [1.29, 1.82) is 0 Å². The number of nitrogens with one attached hydrogen (secondary N) is 2. The van der Waals surface area contributed by atoms with Gasteiger partial charge in [-0.2, -0.15) is 0 Å². The smallest absolute Gasteiger partial charge is 0.306 e. The Morgan fingerprint density at radius 2 is 1.73 bits per heavy atom. The number of unbranched alkanes of at least 4 members (excludes halogenated alkanes) is 3. The number of carbonyl (C=O) groups excluding carboxylic acids is 1. The summed E-state index contributed by atoms with van der Waals surface area (Å²) in [4.78, 5) is 16.0. The van der Waals surface area contributed by atoms with E-state index in [1.807, 2.05) is 20.8 Å². The van der Waals surface area contributed by atoms with Crippen LogP contribution in [0, 0.1) is 0 Å². The van der Waals surface area contributed by atoms with Crippen molar-refractivity contribution < 1.29 is 9.53 Å². The summed E-state index contributed by atoms with van der Waals surface area (Å²) in [5, 5.41) is 6.57. The van der Waals surface area contributed by atoms with Crippen LogP contribution in [0.1, 0.15) is 73.1 Å². The minimum atomic E-state index is -0.374. The molecule has 22 heavy (non-hydrogen) atoms. The van der Waals surface area contributed by atoms with Gasteiger partial charge in [-0.05, 0) is 47.0 Å².